The molecule has 3 aliphatic heterocycles. The van der Waals surface area contributed by atoms with Crippen LogP contribution in [0.2, 0.25) is 0 Å². The van der Waals surface area contributed by atoms with Gasteiger partial charge >= 0.3 is 17.9 Å². The SMILES string of the molecule is CC(C)(ON=C(C(=O)O)c1csc(NC2C(=O)N3C4=C(CSC23)C(O)OC4=O)n1)C(=O)O. The molecule has 4 heterocycles. The molecule has 32 heavy (non-hydrogen) atoms. The third kappa shape index (κ3) is 3.57. The minimum Gasteiger partial charge on any atom is -0.478 e. The van der Waals surface area contributed by atoms with Gasteiger partial charge in [0.05, 0.1) is 0 Å². The van der Waals surface area contributed by atoms with Crippen LogP contribution in [0.4, 0.5) is 5.13 Å². The van der Waals surface area contributed by atoms with Crippen LogP contribution in [0.3, 0.4) is 0 Å². The van der Waals surface area contributed by atoms with Gasteiger partial charge in [0.1, 0.15) is 22.8 Å². The molecule has 0 bridgehead atoms. The molecule has 4 rings (SSSR count). The number of anilines is 1. The summed E-state index contributed by atoms with van der Waals surface area (Å²) >= 11 is 2.35. The summed E-state index contributed by atoms with van der Waals surface area (Å²) in [5, 5.41) is 35.7. The topological polar surface area (TPSA) is 188 Å². The molecule has 1 aromatic rings. The van der Waals surface area contributed by atoms with Gasteiger partial charge in [0.25, 0.3) is 5.91 Å². The van der Waals surface area contributed by atoms with Gasteiger partial charge < -0.3 is 30.2 Å². The number of amides is 1. The molecule has 1 aromatic heterocycles. The Morgan fingerprint density at radius 1 is 1.38 bits per heavy atom. The maximum Gasteiger partial charge on any atom is 0.360 e. The van der Waals surface area contributed by atoms with Crippen LogP contribution in [-0.4, -0.2) is 83.8 Å². The molecule has 0 saturated carbocycles. The maximum atomic E-state index is 12.6. The third-order valence-corrected chi connectivity index (χ3v) is 6.89. The number of aliphatic carboxylic acids is 2. The normalized spacial score (nSPS) is 25.0. The van der Waals surface area contributed by atoms with Crippen molar-refractivity contribution in [2.75, 3.05) is 11.1 Å². The van der Waals surface area contributed by atoms with Crippen LogP contribution in [-0.2, 0) is 28.8 Å². The summed E-state index contributed by atoms with van der Waals surface area (Å²) in [6.07, 6.45) is -1.35. The number of hydrogen-bond donors (Lipinski definition) is 4. The second-order valence-electron chi connectivity index (χ2n) is 7.35. The molecule has 3 unspecified atom stereocenters. The van der Waals surface area contributed by atoms with E-state index in [-0.39, 0.29) is 16.5 Å². The Labute approximate surface area is 187 Å². The first-order valence-corrected chi connectivity index (χ1v) is 11.0. The fourth-order valence-electron chi connectivity index (χ4n) is 3.03. The number of cyclic esters (lactones) is 1. The van der Waals surface area contributed by atoms with Crippen molar-refractivity contribution in [2.45, 2.75) is 37.2 Å². The second kappa shape index (κ2) is 7.75. The Bertz CT molecular complexity index is 1100. The number of nitrogens with one attached hydrogen (secondary N) is 1. The number of oxime groups is 1. The molecule has 170 valence electrons. The predicted octanol–water partition coefficient (Wildman–Crippen LogP) is -0.363. The summed E-state index contributed by atoms with van der Waals surface area (Å²) in [5.41, 5.74) is -2.03. The molecule has 1 fully saturated rings. The number of ether oxygens (including phenoxy) is 1. The van der Waals surface area contributed by atoms with E-state index >= 15 is 0 Å². The van der Waals surface area contributed by atoms with Crippen LogP contribution in [0.1, 0.15) is 19.5 Å². The number of aromatic nitrogens is 1. The van der Waals surface area contributed by atoms with Crippen LogP contribution in [0.15, 0.2) is 21.8 Å². The smallest absolute Gasteiger partial charge is 0.360 e. The summed E-state index contributed by atoms with van der Waals surface area (Å²) in [7, 11) is 0. The van der Waals surface area contributed by atoms with Crippen molar-refractivity contribution in [1.82, 2.24) is 9.88 Å². The number of carboxylic acid groups (broad SMARTS) is 2. The Morgan fingerprint density at radius 3 is 2.75 bits per heavy atom. The van der Waals surface area contributed by atoms with Gasteiger partial charge in [0, 0.05) is 16.7 Å². The average molecular weight is 484 g/mol. The number of aliphatic hydroxyl groups excluding tert-OH is 1. The zero-order chi connectivity index (χ0) is 23.4. The Balaban J connectivity index is 1.49. The highest BCUT2D eigenvalue weighted by Gasteiger charge is 2.57. The van der Waals surface area contributed by atoms with E-state index in [2.05, 4.69) is 15.5 Å². The fraction of sp³-hybridized carbons (Fsp3) is 0.412. The highest BCUT2D eigenvalue weighted by Crippen LogP contribution is 2.44. The number of carbonyl (C=O) groups excluding carboxylic acids is 2. The van der Waals surface area contributed by atoms with Crippen molar-refractivity contribution in [3.8, 4) is 0 Å². The van der Waals surface area contributed by atoms with Gasteiger partial charge in [-0.1, -0.05) is 5.16 Å². The first kappa shape index (κ1) is 22.0. The third-order valence-electron chi connectivity index (χ3n) is 4.82. The molecule has 3 aliphatic rings. The Kier molecular flexibility index (Phi) is 5.34. The molecule has 13 nitrogen and oxygen atoms in total. The van der Waals surface area contributed by atoms with E-state index in [1.165, 1.54) is 35.9 Å². The molecular weight excluding hydrogens is 468 g/mol. The van der Waals surface area contributed by atoms with Gasteiger partial charge in [-0.2, -0.15) is 0 Å². The van der Waals surface area contributed by atoms with Crippen LogP contribution >= 0.6 is 23.1 Å². The predicted molar refractivity (Wildman–Crippen MR) is 109 cm³/mol. The first-order valence-electron chi connectivity index (χ1n) is 9.03. The van der Waals surface area contributed by atoms with E-state index in [0.717, 1.165) is 11.3 Å². The summed E-state index contributed by atoms with van der Waals surface area (Å²) in [5.74, 6) is -3.68. The van der Waals surface area contributed by atoms with Crippen molar-refractivity contribution in [3.63, 3.8) is 0 Å². The van der Waals surface area contributed by atoms with Gasteiger partial charge in [-0.05, 0) is 13.8 Å². The zero-order valence-corrected chi connectivity index (χ0v) is 18.1. The van der Waals surface area contributed by atoms with Gasteiger partial charge in [0.15, 0.2) is 5.13 Å². The largest absolute Gasteiger partial charge is 0.478 e. The number of esters is 1. The fourth-order valence-corrected chi connectivity index (χ4v) is 5.12. The summed E-state index contributed by atoms with van der Waals surface area (Å²) in [6, 6.07) is -0.731. The Morgan fingerprint density at radius 2 is 2.09 bits per heavy atom. The number of thiazole rings is 1. The maximum absolute atomic E-state index is 12.6. The summed E-state index contributed by atoms with van der Waals surface area (Å²) in [4.78, 5) is 57.5. The van der Waals surface area contributed by atoms with E-state index in [1.807, 2.05) is 0 Å². The highest BCUT2D eigenvalue weighted by atomic mass is 32.2. The van der Waals surface area contributed by atoms with Crippen molar-refractivity contribution in [1.29, 1.82) is 0 Å². The van der Waals surface area contributed by atoms with Crippen LogP contribution < -0.4 is 5.32 Å². The Hall–Kier alpha value is -3.17. The van der Waals surface area contributed by atoms with E-state index in [0.29, 0.717) is 11.3 Å². The first-order chi connectivity index (χ1) is 15.0. The monoisotopic (exact) mass is 484 g/mol. The molecule has 4 N–H and O–H groups in total. The molecule has 1 amide bonds. The van der Waals surface area contributed by atoms with E-state index in [1.54, 1.807) is 0 Å². The van der Waals surface area contributed by atoms with Gasteiger partial charge in [-0.3, -0.25) is 9.69 Å². The molecule has 3 atom stereocenters. The number of thioether (sulfide) groups is 1. The quantitative estimate of drug-likeness (QED) is 0.170. The van der Waals surface area contributed by atoms with Crippen LogP contribution in [0.25, 0.3) is 0 Å². The number of carboxylic acids is 2. The number of carbonyl (C=O) groups is 4. The number of hydrogen-bond acceptors (Lipinski definition) is 12. The van der Waals surface area contributed by atoms with E-state index in [9.17, 15) is 29.4 Å². The lowest BCUT2D eigenvalue weighted by molar-refractivity contribution is -0.161. The lowest BCUT2D eigenvalue weighted by Crippen LogP contribution is -2.67. The van der Waals surface area contributed by atoms with Crippen molar-refractivity contribution in [2.24, 2.45) is 5.16 Å². The molecule has 0 aromatic carbocycles. The number of aliphatic hydroxyl groups is 1. The number of fused-ring (bicyclic) bond motifs is 2. The average Bonchev–Trinajstić information content (AvgIpc) is 3.29. The van der Waals surface area contributed by atoms with Crippen molar-refractivity contribution in [3.05, 3.63) is 22.3 Å². The number of nitrogens with zero attached hydrogens (tertiary/aromatic N) is 3. The van der Waals surface area contributed by atoms with Gasteiger partial charge in [-0.15, -0.1) is 23.1 Å². The van der Waals surface area contributed by atoms with Crippen molar-refractivity contribution < 1.29 is 44.1 Å². The molecule has 0 radical (unpaired) electrons. The van der Waals surface area contributed by atoms with E-state index in [4.69, 9.17) is 14.7 Å². The molecule has 15 heteroatoms. The van der Waals surface area contributed by atoms with E-state index < -0.39 is 52.8 Å². The zero-order valence-electron chi connectivity index (χ0n) is 16.5. The van der Waals surface area contributed by atoms with Crippen LogP contribution in [0.5, 0.6) is 0 Å². The molecular formula is C17H16N4O9S2. The lowest BCUT2D eigenvalue weighted by atomic mass is 10.0. The molecule has 0 aliphatic carbocycles. The number of β-lactam (4-membered cyclic amide) rings is 1. The van der Waals surface area contributed by atoms with Crippen LogP contribution in [0, 0.1) is 0 Å². The molecule has 0 spiro atoms. The second-order valence-corrected chi connectivity index (χ2v) is 9.32. The number of rotatable bonds is 7. The minimum absolute atomic E-state index is 0.0580. The standard InChI is InChI=1S/C17H16N4O9S2/c1-17(2,15(27)28)30-20-7(12(23)24)6-4-32-16(18-6)19-8-10(22)21-9-5(3-31-11(8)21)13(25)29-14(9)26/h4,8,11,13,25H,3H2,1-2H3,(H,18,19)(H,23,24)(H,27,28). The highest BCUT2D eigenvalue weighted by molar-refractivity contribution is 8.00. The summed E-state index contributed by atoms with van der Waals surface area (Å²) in [6.45, 7) is 2.42. The van der Waals surface area contributed by atoms with Gasteiger partial charge in [0.2, 0.25) is 17.6 Å². The lowest BCUT2D eigenvalue weighted by Gasteiger charge is -2.48. The van der Waals surface area contributed by atoms with Gasteiger partial charge in [-0.25, -0.2) is 19.4 Å². The molecule has 1 saturated heterocycles. The van der Waals surface area contributed by atoms with Crippen molar-refractivity contribution >= 4 is 57.8 Å². The minimum atomic E-state index is -1.75. The summed E-state index contributed by atoms with van der Waals surface area (Å²) < 4.78 is 4.76.